The number of hydrogen-bond acceptors (Lipinski definition) is 5. The lowest BCUT2D eigenvalue weighted by atomic mass is 9.74. The summed E-state index contributed by atoms with van der Waals surface area (Å²) in [4.78, 5) is 0. The Bertz CT molecular complexity index is 1470. The van der Waals surface area contributed by atoms with E-state index in [1.54, 1.807) is 12.5 Å². The average molecular weight is 555 g/mol. The lowest BCUT2D eigenvalue weighted by Crippen LogP contribution is -2.25. The topological polar surface area (TPSA) is 54.0 Å². The summed E-state index contributed by atoms with van der Waals surface area (Å²) < 4.78 is 27.8. The summed E-state index contributed by atoms with van der Waals surface area (Å²) >= 11 is 0. The number of furan rings is 2. The van der Waals surface area contributed by atoms with E-state index in [-0.39, 0.29) is 0 Å². The summed E-state index contributed by atoms with van der Waals surface area (Å²) in [5.74, 6) is 3.79. The Kier molecular flexibility index (Phi) is 9.81. The minimum Gasteiger partial charge on any atom is -0.493 e. The molecule has 216 valence electrons. The van der Waals surface area contributed by atoms with Crippen LogP contribution in [-0.4, -0.2) is 19.3 Å². The SMILES string of the molecule is CCOc1cc2ccccc2c2ccc3c(c12)CCC(COC(C)CC)C3C.c1coc(COCc2ccco2)c1. The molecular weight excluding hydrogens is 512 g/mol. The Labute approximate surface area is 243 Å². The summed E-state index contributed by atoms with van der Waals surface area (Å²) in [5.41, 5.74) is 2.96. The highest BCUT2D eigenvalue weighted by Gasteiger charge is 2.29. The smallest absolute Gasteiger partial charge is 0.129 e. The monoisotopic (exact) mass is 554 g/mol. The summed E-state index contributed by atoms with van der Waals surface area (Å²) in [6, 6.07) is 23.0. The molecule has 5 aromatic rings. The quantitative estimate of drug-likeness (QED) is 0.161. The third-order valence-electron chi connectivity index (χ3n) is 8.21. The number of fused-ring (bicyclic) bond motifs is 5. The van der Waals surface area contributed by atoms with Crippen molar-refractivity contribution in [3.05, 3.63) is 102 Å². The molecular formula is C36H42O5. The van der Waals surface area contributed by atoms with Crippen molar-refractivity contribution < 1.29 is 23.0 Å². The zero-order valence-corrected chi connectivity index (χ0v) is 24.7. The van der Waals surface area contributed by atoms with E-state index in [1.165, 1.54) is 39.1 Å². The van der Waals surface area contributed by atoms with Crippen molar-refractivity contribution in [1.82, 2.24) is 0 Å². The van der Waals surface area contributed by atoms with Crippen molar-refractivity contribution in [2.45, 2.75) is 72.2 Å². The first-order valence-corrected chi connectivity index (χ1v) is 14.9. The maximum atomic E-state index is 6.12. The molecule has 2 aromatic heterocycles. The van der Waals surface area contributed by atoms with Crippen molar-refractivity contribution in [3.8, 4) is 5.75 Å². The molecule has 0 N–H and O–H groups in total. The van der Waals surface area contributed by atoms with Gasteiger partial charge in [-0.2, -0.15) is 0 Å². The van der Waals surface area contributed by atoms with Crippen LogP contribution in [0.3, 0.4) is 0 Å². The van der Waals surface area contributed by atoms with Gasteiger partial charge in [0.15, 0.2) is 0 Å². The molecule has 1 aliphatic carbocycles. The van der Waals surface area contributed by atoms with Gasteiger partial charge in [-0.1, -0.05) is 50.2 Å². The van der Waals surface area contributed by atoms with E-state index < -0.39 is 0 Å². The Hall–Kier alpha value is -3.54. The second-order valence-corrected chi connectivity index (χ2v) is 10.9. The molecule has 0 radical (unpaired) electrons. The van der Waals surface area contributed by atoms with E-state index in [2.05, 4.69) is 70.2 Å². The molecule has 5 nitrogen and oxygen atoms in total. The van der Waals surface area contributed by atoms with Gasteiger partial charge >= 0.3 is 0 Å². The van der Waals surface area contributed by atoms with Crippen molar-refractivity contribution in [3.63, 3.8) is 0 Å². The van der Waals surface area contributed by atoms with E-state index in [1.807, 2.05) is 24.3 Å². The Morgan fingerprint density at radius 3 is 2.27 bits per heavy atom. The molecule has 0 saturated carbocycles. The highest BCUT2D eigenvalue weighted by molar-refractivity contribution is 6.11. The van der Waals surface area contributed by atoms with Crippen LogP contribution in [0.15, 0.2) is 88.1 Å². The normalized spacial score (nSPS) is 17.2. The number of ether oxygens (including phenoxy) is 3. The number of aryl methyl sites for hydroxylation is 1. The summed E-state index contributed by atoms with van der Waals surface area (Å²) in [7, 11) is 0. The molecule has 1 aliphatic rings. The largest absolute Gasteiger partial charge is 0.493 e. The maximum Gasteiger partial charge on any atom is 0.129 e. The van der Waals surface area contributed by atoms with Crippen LogP contribution in [0.1, 0.15) is 69.1 Å². The molecule has 0 amide bonds. The first kappa shape index (κ1) is 29.0. The lowest BCUT2D eigenvalue weighted by Gasteiger charge is -2.33. The molecule has 2 heterocycles. The van der Waals surface area contributed by atoms with E-state index in [9.17, 15) is 0 Å². The molecule has 0 bridgehead atoms. The van der Waals surface area contributed by atoms with E-state index >= 15 is 0 Å². The molecule has 41 heavy (non-hydrogen) atoms. The Morgan fingerprint density at radius 1 is 0.878 bits per heavy atom. The molecule has 3 aromatic carbocycles. The minimum absolute atomic E-state index is 0.348. The predicted molar refractivity (Wildman–Crippen MR) is 164 cm³/mol. The minimum atomic E-state index is 0.348. The standard InChI is InChI=1S/C26H32O2.C10H10O3/c1-5-17(3)28-16-20-11-12-23-21(18(20)4)13-14-24-22-10-8-7-9-19(22)15-25(26(23)24)27-6-2;1-3-9(12-5-1)7-11-8-10-4-2-6-13-10/h7-10,13-15,17-18,20H,5-6,11-12,16H2,1-4H3;1-6H,7-8H2. The van der Waals surface area contributed by atoms with Crippen LogP contribution in [0.4, 0.5) is 0 Å². The first-order chi connectivity index (χ1) is 20.1. The molecule has 0 fully saturated rings. The fraction of sp³-hybridized carbons (Fsp3) is 0.389. The van der Waals surface area contributed by atoms with Gasteiger partial charge in [-0.3, -0.25) is 0 Å². The maximum absolute atomic E-state index is 6.12. The van der Waals surface area contributed by atoms with Gasteiger partial charge in [0.1, 0.15) is 30.5 Å². The molecule has 6 rings (SSSR count). The number of benzene rings is 3. The lowest BCUT2D eigenvalue weighted by molar-refractivity contribution is 0.0292. The van der Waals surface area contributed by atoms with Crippen molar-refractivity contribution in [1.29, 1.82) is 0 Å². The molecule has 5 heteroatoms. The highest BCUT2D eigenvalue weighted by atomic mass is 16.5. The molecule has 0 aliphatic heterocycles. The second kappa shape index (κ2) is 13.9. The fourth-order valence-electron chi connectivity index (χ4n) is 5.73. The summed E-state index contributed by atoms with van der Waals surface area (Å²) in [6.45, 7) is 11.3. The van der Waals surface area contributed by atoms with Crippen LogP contribution in [-0.2, 0) is 29.1 Å². The van der Waals surface area contributed by atoms with Gasteiger partial charge in [-0.05, 0) is 103 Å². The third kappa shape index (κ3) is 6.86. The van der Waals surface area contributed by atoms with Crippen LogP contribution in [0.5, 0.6) is 5.75 Å². The van der Waals surface area contributed by atoms with Gasteiger partial charge in [-0.25, -0.2) is 0 Å². The zero-order chi connectivity index (χ0) is 28.6. The van der Waals surface area contributed by atoms with Crippen LogP contribution < -0.4 is 4.74 Å². The van der Waals surface area contributed by atoms with Crippen LogP contribution >= 0.6 is 0 Å². The van der Waals surface area contributed by atoms with Crippen LogP contribution in [0, 0.1) is 5.92 Å². The van der Waals surface area contributed by atoms with Gasteiger partial charge < -0.3 is 23.0 Å². The van der Waals surface area contributed by atoms with Gasteiger partial charge in [0.25, 0.3) is 0 Å². The number of hydrogen-bond donors (Lipinski definition) is 0. The molecule has 0 spiro atoms. The van der Waals surface area contributed by atoms with Gasteiger partial charge in [-0.15, -0.1) is 0 Å². The predicted octanol–water partition coefficient (Wildman–Crippen LogP) is 9.46. The molecule has 3 atom stereocenters. The van der Waals surface area contributed by atoms with E-state index in [0.717, 1.165) is 36.7 Å². The van der Waals surface area contributed by atoms with Gasteiger partial charge in [0.2, 0.25) is 0 Å². The van der Waals surface area contributed by atoms with E-state index in [0.29, 0.717) is 37.8 Å². The van der Waals surface area contributed by atoms with Crippen molar-refractivity contribution in [2.24, 2.45) is 5.92 Å². The fourth-order valence-corrected chi connectivity index (χ4v) is 5.73. The summed E-state index contributed by atoms with van der Waals surface area (Å²) in [6.07, 6.45) is 6.97. The van der Waals surface area contributed by atoms with Crippen LogP contribution in [0.25, 0.3) is 21.5 Å². The Morgan fingerprint density at radius 2 is 1.61 bits per heavy atom. The van der Waals surface area contributed by atoms with E-state index in [4.69, 9.17) is 23.0 Å². The molecule has 0 saturated heterocycles. The second-order valence-electron chi connectivity index (χ2n) is 10.9. The number of rotatable bonds is 10. The zero-order valence-electron chi connectivity index (χ0n) is 24.7. The summed E-state index contributed by atoms with van der Waals surface area (Å²) in [5, 5.41) is 5.22. The third-order valence-corrected chi connectivity index (χ3v) is 8.21. The van der Waals surface area contributed by atoms with Gasteiger partial charge in [0, 0.05) is 5.39 Å². The highest BCUT2D eigenvalue weighted by Crippen LogP contribution is 2.44. The average Bonchev–Trinajstić information content (AvgIpc) is 3.72. The first-order valence-electron chi connectivity index (χ1n) is 14.9. The Balaban J connectivity index is 0.000000216. The van der Waals surface area contributed by atoms with Crippen LogP contribution in [0.2, 0.25) is 0 Å². The van der Waals surface area contributed by atoms with Gasteiger partial charge in [0.05, 0.1) is 31.8 Å². The van der Waals surface area contributed by atoms with Crippen molar-refractivity contribution in [2.75, 3.05) is 13.2 Å². The molecule has 3 unspecified atom stereocenters. The van der Waals surface area contributed by atoms with Crippen molar-refractivity contribution >= 4 is 21.5 Å².